The maximum absolute atomic E-state index is 12.9. The molecule has 0 heterocycles. The van der Waals surface area contributed by atoms with Gasteiger partial charge in [-0.25, -0.2) is 0 Å². The molecule has 0 spiro atoms. The topological polar surface area (TPSA) is 78.9 Å². The third-order valence-electron chi connectivity index (χ3n) is 16.5. The summed E-state index contributed by atoms with van der Waals surface area (Å²) in [5.41, 5.74) is 0. The lowest BCUT2D eigenvalue weighted by Crippen LogP contribution is -2.30. The highest BCUT2D eigenvalue weighted by atomic mass is 16.6. The summed E-state index contributed by atoms with van der Waals surface area (Å²) in [4.78, 5) is 38.4. The van der Waals surface area contributed by atoms with Crippen LogP contribution in [0.5, 0.6) is 0 Å². The summed E-state index contributed by atoms with van der Waals surface area (Å²) in [5.74, 6) is -0.836. The maximum atomic E-state index is 12.9. The zero-order chi connectivity index (χ0) is 56.4. The van der Waals surface area contributed by atoms with E-state index >= 15 is 0 Å². The summed E-state index contributed by atoms with van der Waals surface area (Å²) in [6, 6.07) is 0. The highest BCUT2D eigenvalue weighted by Gasteiger charge is 2.19. The lowest BCUT2D eigenvalue weighted by molar-refractivity contribution is -0.167. The molecule has 0 saturated heterocycles. The van der Waals surface area contributed by atoms with Crippen LogP contribution in [-0.2, 0) is 28.6 Å². The number of ether oxygens (including phenoxy) is 3. The van der Waals surface area contributed by atoms with Crippen LogP contribution >= 0.6 is 0 Å². The van der Waals surface area contributed by atoms with Crippen LogP contribution in [0, 0.1) is 0 Å². The van der Waals surface area contributed by atoms with E-state index in [1.165, 1.54) is 315 Å². The number of carbonyl (C=O) groups is 3. The fourth-order valence-corrected chi connectivity index (χ4v) is 11.2. The van der Waals surface area contributed by atoms with E-state index in [1.807, 2.05) is 0 Å². The standard InChI is InChI=1S/C72H138O6/c1-4-7-10-13-16-19-22-25-27-29-30-31-32-33-34-35-36-37-38-39-40-41-43-44-47-50-53-56-59-62-65-71(74)77-68-69(67-76-70(73)64-61-58-55-52-49-46-24-21-18-15-12-9-6-3)78-72(75)66-63-60-57-54-51-48-45-42-28-26-23-20-17-14-11-8-5-2/h26,28,69H,4-25,27,29-68H2,1-3H3/b28-26-. The smallest absolute Gasteiger partial charge is 0.306 e. The van der Waals surface area contributed by atoms with Crippen LogP contribution in [0.25, 0.3) is 0 Å². The maximum Gasteiger partial charge on any atom is 0.306 e. The highest BCUT2D eigenvalue weighted by molar-refractivity contribution is 5.71. The molecule has 1 atom stereocenters. The van der Waals surface area contributed by atoms with Crippen LogP contribution in [0.3, 0.4) is 0 Å². The van der Waals surface area contributed by atoms with E-state index < -0.39 is 6.10 Å². The van der Waals surface area contributed by atoms with Crippen molar-refractivity contribution in [2.45, 2.75) is 419 Å². The quantitative estimate of drug-likeness (QED) is 0.0261. The Balaban J connectivity index is 4.12. The molecule has 6 nitrogen and oxygen atoms in total. The number of hydrogen-bond acceptors (Lipinski definition) is 6. The molecule has 0 fully saturated rings. The van der Waals surface area contributed by atoms with Gasteiger partial charge in [0.05, 0.1) is 0 Å². The summed E-state index contributed by atoms with van der Waals surface area (Å²) in [7, 11) is 0. The number of hydrogen-bond donors (Lipinski definition) is 0. The van der Waals surface area contributed by atoms with Crippen LogP contribution < -0.4 is 0 Å². The average molecular weight is 1100 g/mol. The third-order valence-corrected chi connectivity index (χ3v) is 16.5. The lowest BCUT2D eigenvalue weighted by atomic mass is 10.0. The highest BCUT2D eigenvalue weighted by Crippen LogP contribution is 2.19. The minimum atomic E-state index is -0.768. The van der Waals surface area contributed by atoms with Gasteiger partial charge in [-0.1, -0.05) is 360 Å². The first-order chi connectivity index (χ1) is 38.5. The molecule has 0 aromatic carbocycles. The Kier molecular flexibility index (Phi) is 66.0. The van der Waals surface area contributed by atoms with Crippen molar-refractivity contribution in [3.8, 4) is 0 Å². The van der Waals surface area contributed by atoms with E-state index in [1.54, 1.807) is 0 Å². The van der Waals surface area contributed by atoms with E-state index in [9.17, 15) is 14.4 Å². The number of esters is 3. The molecule has 0 amide bonds. The molecule has 0 aliphatic heterocycles. The van der Waals surface area contributed by atoms with Gasteiger partial charge >= 0.3 is 17.9 Å². The first kappa shape index (κ1) is 76.1. The minimum Gasteiger partial charge on any atom is -0.462 e. The summed E-state index contributed by atoms with van der Waals surface area (Å²) in [6.07, 6.45) is 81.1. The molecule has 0 rings (SSSR count). The second-order valence-electron chi connectivity index (χ2n) is 24.5. The van der Waals surface area contributed by atoms with Gasteiger partial charge in [-0.05, 0) is 44.9 Å². The summed E-state index contributed by atoms with van der Waals surface area (Å²) < 4.78 is 17.0. The Hall–Kier alpha value is -1.85. The van der Waals surface area contributed by atoms with Crippen molar-refractivity contribution in [3.63, 3.8) is 0 Å². The van der Waals surface area contributed by atoms with Crippen LogP contribution in [0.1, 0.15) is 412 Å². The number of unbranched alkanes of at least 4 members (excludes halogenated alkanes) is 54. The Labute approximate surface area is 488 Å². The van der Waals surface area contributed by atoms with Crippen LogP contribution in [-0.4, -0.2) is 37.2 Å². The first-order valence-electron chi connectivity index (χ1n) is 35.7. The second kappa shape index (κ2) is 67.7. The molecule has 0 radical (unpaired) electrons. The van der Waals surface area contributed by atoms with Crippen LogP contribution in [0.4, 0.5) is 0 Å². The zero-order valence-electron chi connectivity index (χ0n) is 53.2. The minimum absolute atomic E-state index is 0.0651. The first-order valence-corrected chi connectivity index (χ1v) is 35.7. The second-order valence-corrected chi connectivity index (χ2v) is 24.5. The normalized spacial score (nSPS) is 12.0. The van der Waals surface area contributed by atoms with E-state index in [0.29, 0.717) is 19.3 Å². The van der Waals surface area contributed by atoms with Gasteiger partial charge in [0.25, 0.3) is 0 Å². The summed E-state index contributed by atoms with van der Waals surface area (Å²) in [6.45, 7) is 6.72. The van der Waals surface area contributed by atoms with Gasteiger partial charge < -0.3 is 14.2 Å². The van der Waals surface area contributed by atoms with Crippen molar-refractivity contribution in [2.24, 2.45) is 0 Å². The van der Waals surface area contributed by atoms with Crippen LogP contribution in [0.2, 0.25) is 0 Å². The molecule has 0 saturated carbocycles. The Bertz CT molecular complexity index is 1210. The van der Waals surface area contributed by atoms with E-state index in [2.05, 4.69) is 32.9 Å². The van der Waals surface area contributed by atoms with Gasteiger partial charge in [0, 0.05) is 19.3 Å². The number of allylic oxidation sites excluding steroid dienone is 2. The van der Waals surface area contributed by atoms with Gasteiger partial charge in [0.15, 0.2) is 6.10 Å². The van der Waals surface area contributed by atoms with E-state index in [-0.39, 0.29) is 31.1 Å². The lowest BCUT2D eigenvalue weighted by Gasteiger charge is -2.18. The molecule has 78 heavy (non-hydrogen) atoms. The third kappa shape index (κ3) is 65.0. The zero-order valence-corrected chi connectivity index (χ0v) is 53.2. The molecule has 6 heteroatoms. The average Bonchev–Trinajstić information content (AvgIpc) is 3.44. The predicted octanol–water partition coefficient (Wildman–Crippen LogP) is 24.4. The molecule has 0 aliphatic rings. The van der Waals surface area contributed by atoms with Gasteiger partial charge in [-0.15, -0.1) is 0 Å². The fourth-order valence-electron chi connectivity index (χ4n) is 11.2. The Morgan fingerprint density at radius 3 is 0.641 bits per heavy atom. The number of carbonyl (C=O) groups excluding carboxylic acids is 3. The molecule has 1 unspecified atom stereocenters. The van der Waals surface area contributed by atoms with Crippen molar-refractivity contribution in [3.05, 3.63) is 12.2 Å². The predicted molar refractivity (Wildman–Crippen MR) is 340 cm³/mol. The SMILES string of the molecule is CCCCCCCC/C=C\CCCCCCCCCC(=O)OC(COC(=O)CCCCCCCCCCCCCCC)COC(=O)CCCCCCCCCCCCCCCCCCCCCCCCCCCCCCCC. The molecule has 0 aliphatic carbocycles. The summed E-state index contributed by atoms with van der Waals surface area (Å²) >= 11 is 0. The molecular formula is C72H138O6. The molecule has 0 bridgehead atoms. The Morgan fingerprint density at radius 2 is 0.423 bits per heavy atom. The molecule has 0 aromatic rings. The van der Waals surface area contributed by atoms with Crippen molar-refractivity contribution >= 4 is 17.9 Å². The molecular weight excluding hydrogens is 961 g/mol. The van der Waals surface area contributed by atoms with Crippen molar-refractivity contribution < 1.29 is 28.6 Å². The fraction of sp³-hybridized carbons (Fsp3) is 0.931. The van der Waals surface area contributed by atoms with Gasteiger partial charge in [0.2, 0.25) is 0 Å². The molecule has 0 aromatic heterocycles. The Morgan fingerprint density at radius 1 is 0.244 bits per heavy atom. The summed E-state index contributed by atoms with van der Waals surface area (Å²) in [5, 5.41) is 0. The van der Waals surface area contributed by atoms with Gasteiger partial charge in [0.1, 0.15) is 13.2 Å². The largest absolute Gasteiger partial charge is 0.462 e. The monoisotopic (exact) mass is 1100 g/mol. The van der Waals surface area contributed by atoms with Gasteiger partial charge in [-0.2, -0.15) is 0 Å². The van der Waals surface area contributed by atoms with E-state index in [0.717, 1.165) is 57.8 Å². The number of rotatable bonds is 67. The van der Waals surface area contributed by atoms with Crippen molar-refractivity contribution in [1.29, 1.82) is 0 Å². The van der Waals surface area contributed by atoms with Gasteiger partial charge in [-0.3, -0.25) is 14.4 Å². The van der Waals surface area contributed by atoms with Crippen LogP contribution in [0.15, 0.2) is 12.2 Å². The van der Waals surface area contributed by atoms with Crippen molar-refractivity contribution in [2.75, 3.05) is 13.2 Å². The van der Waals surface area contributed by atoms with E-state index in [4.69, 9.17) is 14.2 Å². The molecule has 0 N–H and O–H groups in total. The van der Waals surface area contributed by atoms with Crippen molar-refractivity contribution in [1.82, 2.24) is 0 Å². The molecule has 462 valence electrons.